The Labute approximate surface area is 94.4 Å². The Bertz CT molecular complexity index is 612. The quantitative estimate of drug-likeness (QED) is 0.785. The molecule has 0 amide bonds. The summed E-state index contributed by atoms with van der Waals surface area (Å²) >= 11 is 0. The van der Waals surface area contributed by atoms with Crippen molar-refractivity contribution in [1.29, 1.82) is 0 Å². The van der Waals surface area contributed by atoms with Gasteiger partial charge in [0.1, 0.15) is 0 Å². The van der Waals surface area contributed by atoms with Gasteiger partial charge in [-0.2, -0.15) is 0 Å². The van der Waals surface area contributed by atoms with Crippen LogP contribution in [0.15, 0.2) is 46.7 Å². The molecule has 0 saturated heterocycles. The van der Waals surface area contributed by atoms with Gasteiger partial charge in [-0.15, -0.1) is 0 Å². The molecule has 0 unspecified atom stereocenters. The van der Waals surface area contributed by atoms with Crippen molar-refractivity contribution in [2.45, 2.75) is 10.1 Å². The molecule has 1 heterocycles. The SMILES string of the molecule is O=S1(=O)C=C[C@H](S(=O)(=O)c2ccccc2)C1. The average molecular weight is 258 g/mol. The van der Waals surface area contributed by atoms with Crippen LogP contribution in [-0.2, 0) is 19.7 Å². The Hall–Kier alpha value is -1.14. The summed E-state index contributed by atoms with van der Waals surface area (Å²) < 4.78 is 46.3. The minimum Gasteiger partial charge on any atom is -0.224 e. The number of benzene rings is 1. The van der Waals surface area contributed by atoms with E-state index in [9.17, 15) is 16.8 Å². The molecule has 0 aromatic heterocycles. The van der Waals surface area contributed by atoms with E-state index in [1.54, 1.807) is 18.2 Å². The van der Waals surface area contributed by atoms with E-state index in [2.05, 4.69) is 0 Å². The third-order valence-corrected chi connectivity index (χ3v) is 6.02. The molecule has 0 radical (unpaired) electrons. The molecule has 0 aliphatic carbocycles. The fourth-order valence-electron chi connectivity index (χ4n) is 1.53. The van der Waals surface area contributed by atoms with E-state index in [0.717, 1.165) is 5.41 Å². The molecule has 0 bridgehead atoms. The maximum atomic E-state index is 12.0. The van der Waals surface area contributed by atoms with E-state index in [0.29, 0.717) is 0 Å². The fraction of sp³-hybridized carbons (Fsp3) is 0.200. The Kier molecular flexibility index (Phi) is 2.63. The maximum absolute atomic E-state index is 12.0. The first-order valence-electron chi connectivity index (χ1n) is 4.62. The summed E-state index contributed by atoms with van der Waals surface area (Å²) in [5, 5.41) is 0.0120. The van der Waals surface area contributed by atoms with Crippen molar-refractivity contribution < 1.29 is 16.8 Å². The smallest absolute Gasteiger partial charge is 0.185 e. The van der Waals surface area contributed by atoms with Crippen molar-refractivity contribution in [3.8, 4) is 0 Å². The molecule has 1 aromatic carbocycles. The first-order valence-corrected chi connectivity index (χ1v) is 7.88. The molecule has 86 valence electrons. The molecule has 4 nitrogen and oxygen atoms in total. The highest BCUT2D eigenvalue weighted by molar-refractivity contribution is 7.98. The standard InChI is InChI=1S/C10H10O4S2/c11-15(12)7-6-10(8-15)16(13,14)9-4-2-1-3-5-9/h1-7,10H,8H2/t10-/m0/s1. The largest absolute Gasteiger partial charge is 0.224 e. The first-order chi connectivity index (χ1) is 7.42. The number of hydrogen-bond donors (Lipinski definition) is 0. The number of rotatable bonds is 2. The van der Waals surface area contributed by atoms with Crippen LogP contribution in [0.2, 0.25) is 0 Å². The van der Waals surface area contributed by atoms with Crippen molar-refractivity contribution in [3.05, 3.63) is 41.8 Å². The molecule has 1 aromatic rings. The summed E-state index contributed by atoms with van der Waals surface area (Å²) in [6.07, 6.45) is 1.23. The summed E-state index contributed by atoms with van der Waals surface area (Å²) in [5.41, 5.74) is 0. The maximum Gasteiger partial charge on any atom is 0.185 e. The van der Waals surface area contributed by atoms with Crippen molar-refractivity contribution in [3.63, 3.8) is 0 Å². The van der Waals surface area contributed by atoms with E-state index >= 15 is 0 Å². The van der Waals surface area contributed by atoms with Gasteiger partial charge in [-0.05, 0) is 12.1 Å². The lowest BCUT2D eigenvalue weighted by Crippen LogP contribution is -2.22. The average Bonchev–Trinajstić information content (AvgIpc) is 2.61. The Morgan fingerprint density at radius 1 is 1.12 bits per heavy atom. The van der Waals surface area contributed by atoms with Crippen LogP contribution in [0, 0.1) is 0 Å². The first kappa shape index (κ1) is 11.3. The number of hydrogen-bond acceptors (Lipinski definition) is 4. The van der Waals surface area contributed by atoms with E-state index < -0.39 is 24.9 Å². The van der Waals surface area contributed by atoms with E-state index in [1.807, 2.05) is 0 Å². The molecular formula is C10H10O4S2. The summed E-state index contributed by atoms with van der Waals surface area (Å²) in [5.74, 6) is -0.357. The van der Waals surface area contributed by atoms with Gasteiger partial charge in [0.15, 0.2) is 19.7 Å². The molecule has 16 heavy (non-hydrogen) atoms. The predicted octanol–water partition coefficient (Wildman–Crippen LogP) is 0.771. The zero-order valence-electron chi connectivity index (χ0n) is 8.28. The zero-order valence-corrected chi connectivity index (χ0v) is 9.91. The molecule has 0 spiro atoms. The molecule has 2 rings (SSSR count). The molecule has 1 aliphatic rings. The van der Waals surface area contributed by atoms with Gasteiger partial charge in [0.2, 0.25) is 0 Å². The second kappa shape index (κ2) is 3.71. The van der Waals surface area contributed by atoms with Crippen LogP contribution >= 0.6 is 0 Å². The second-order valence-electron chi connectivity index (χ2n) is 3.55. The molecule has 0 N–H and O–H groups in total. The van der Waals surface area contributed by atoms with Gasteiger partial charge in [-0.25, -0.2) is 16.8 Å². The van der Waals surface area contributed by atoms with Gasteiger partial charge in [0.25, 0.3) is 0 Å². The Morgan fingerprint density at radius 2 is 1.75 bits per heavy atom. The van der Waals surface area contributed by atoms with Gasteiger partial charge in [-0.1, -0.05) is 24.3 Å². The van der Waals surface area contributed by atoms with Gasteiger partial charge in [-0.3, -0.25) is 0 Å². The van der Waals surface area contributed by atoms with Gasteiger partial charge in [0.05, 0.1) is 15.9 Å². The van der Waals surface area contributed by atoms with Gasteiger partial charge < -0.3 is 0 Å². The van der Waals surface area contributed by atoms with Crippen molar-refractivity contribution in [1.82, 2.24) is 0 Å². The number of sulfone groups is 2. The third kappa shape index (κ3) is 2.03. The van der Waals surface area contributed by atoms with E-state index in [1.165, 1.54) is 18.2 Å². The van der Waals surface area contributed by atoms with Crippen molar-refractivity contribution in [2.24, 2.45) is 0 Å². The zero-order chi connectivity index (χ0) is 11.8. The van der Waals surface area contributed by atoms with Crippen molar-refractivity contribution in [2.75, 3.05) is 5.75 Å². The molecule has 1 atom stereocenters. The predicted molar refractivity (Wildman–Crippen MR) is 60.3 cm³/mol. The molecule has 1 aliphatic heterocycles. The fourth-order valence-corrected chi connectivity index (χ4v) is 5.19. The third-order valence-electron chi connectivity index (χ3n) is 2.37. The molecular weight excluding hydrogens is 248 g/mol. The lowest BCUT2D eigenvalue weighted by molar-refractivity contribution is 0.587. The minimum absolute atomic E-state index is 0.154. The highest BCUT2D eigenvalue weighted by Gasteiger charge is 2.33. The summed E-state index contributed by atoms with van der Waals surface area (Å²) in [7, 11) is -6.92. The minimum atomic E-state index is -3.58. The van der Waals surface area contributed by atoms with Crippen LogP contribution in [0.1, 0.15) is 0 Å². The van der Waals surface area contributed by atoms with Gasteiger partial charge in [0, 0.05) is 5.41 Å². The lowest BCUT2D eigenvalue weighted by Gasteiger charge is -2.08. The monoisotopic (exact) mass is 258 g/mol. The van der Waals surface area contributed by atoms with Crippen LogP contribution in [0.3, 0.4) is 0 Å². The highest BCUT2D eigenvalue weighted by atomic mass is 32.2. The van der Waals surface area contributed by atoms with Crippen LogP contribution in [-0.4, -0.2) is 27.8 Å². The van der Waals surface area contributed by atoms with E-state index in [-0.39, 0.29) is 10.6 Å². The summed E-state index contributed by atoms with van der Waals surface area (Å²) in [6.45, 7) is 0. The lowest BCUT2D eigenvalue weighted by atomic mass is 10.4. The van der Waals surface area contributed by atoms with Crippen LogP contribution in [0.25, 0.3) is 0 Å². The van der Waals surface area contributed by atoms with Crippen LogP contribution < -0.4 is 0 Å². The molecule has 0 saturated carbocycles. The molecule has 6 heteroatoms. The Balaban J connectivity index is 2.40. The van der Waals surface area contributed by atoms with Crippen molar-refractivity contribution >= 4 is 19.7 Å². The summed E-state index contributed by atoms with van der Waals surface area (Å²) in [6, 6.07) is 7.86. The highest BCUT2D eigenvalue weighted by Crippen LogP contribution is 2.22. The van der Waals surface area contributed by atoms with Gasteiger partial charge >= 0.3 is 0 Å². The topological polar surface area (TPSA) is 68.3 Å². The van der Waals surface area contributed by atoms with E-state index in [4.69, 9.17) is 0 Å². The Morgan fingerprint density at radius 3 is 2.25 bits per heavy atom. The van der Waals surface area contributed by atoms with Crippen LogP contribution in [0.5, 0.6) is 0 Å². The second-order valence-corrected chi connectivity index (χ2v) is 7.65. The normalized spacial score (nSPS) is 23.4. The summed E-state index contributed by atoms with van der Waals surface area (Å²) in [4.78, 5) is 0.154. The van der Waals surface area contributed by atoms with Crippen LogP contribution in [0.4, 0.5) is 0 Å². The molecule has 0 fully saturated rings.